The molecule has 0 aromatic heterocycles. The minimum absolute atomic E-state index is 0.105. The molecule has 1 aliphatic rings. The van der Waals surface area contributed by atoms with Gasteiger partial charge in [-0.25, -0.2) is 4.39 Å². The van der Waals surface area contributed by atoms with E-state index in [2.05, 4.69) is 19.2 Å². The first-order valence-electron chi connectivity index (χ1n) is 7.50. The first-order chi connectivity index (χ1) is 9.69. The zero-order valence-corrected chi connectivity index (χ0v) is 12.2. The predicted molar refractivity (Wildman–Crippen MR) is 77.6 cm³/mol. The Balaban J connectivity index is 2.24. The molecule has 1 N–H and O–H groups in total. The number of benzene rings is 1. The second-order valence-electron chi connectivity index (χ2n) is 5.32. The average Bonchev–Trinajstić information content (AvgIpc) is 2.74. The highest BCUT2D eigenvalue weighted by Crippen LogP contribution is 2.28. The summed E-state index contributed by atoms with van der Waals surface area (Å²) in [5.74, 6) is -0.148. The maximum absolute atomic E-state index is 14.0. The third kappa shape index (κ3) is 3.01. The zero-order chi connectivity index (χ0) is 14.5. The number of carbonyl (C=O) groups is 1. The van der Waals surface area contributed by atoms with E-state index in [1.807, 2.05) is 6.07 Å². The van der Waals surface area contributed by atoms with Crippen molar-refractivity contribution in [2.24, 2.45) is 0 Å². The Morgan fingerprint density at radius 1 is 1.25 bits per heavy atom. The molecule has 0 aliphatic carbocycles. The van der Waals surface area contributed by atoms with E-state index in [4.69, 9.17) is 0 Å². The summed E-state index contributed by atoms with van der Waals surface area (Å²) in [6.45, 7) is 4.83. The molecule has 0 bridgehead atoms. The first-order valence-corrected chi connectivity index (χ1v) is 7.50. The molecule has 2 unspecified atom stereocenters. The van der Waals surface area contributed by atoms with Crippen molar-refractivity contribution in [1.82, 2.24) is 10.2 Å². The van der Waals surface area contributed by atoms with Crippen LogP contribution in [0, 0.1) is 5.82 Å². The standard InChI is InChI=1S/C16H23FN2O/c1-3-5-11-19-15(12-9-6-7-10-13(12)17)18-14(8-4-2)16(19)20/h6-7,9-10,14-15,18H,3-5,8,11H2,1-2H3. The Kier molecular flexibility index (Phi) is 5.12. The molecule has 110 valence electrons. The van der Waals surface area contributed by atoms with Crippen LogP contribution in [0.5, 0.6) is 0 Å². The van der Waals surface area contributed by atoms with Gasteiger partial charge in [0, 0.05) is 12.1 Å². The molecular formula is C16H23FN2O. The molecule has 1 fully saturated rings. The van der Waals surface area contributed by atoms with E-state index in [0.29, 0.717) is 12.1 Å². The first kappa shape index (κ1) is 15.0. The SMILES string of the molecule is CCCCN1C(=O)C(CCC)NC1c1ccccc1F. The van der Waals surface area contributed by atoms with E-state index in [0.717, 1.165) is 25.7 Å². The summed E-state index contributed by atoms with van der Waals surface area (Å²) in [6, 6.07) is 6.52. The van der Waals surface area contributed by atoms with Crippen molar-refractivity contribution >= 4 is 5.91 Å². The summed E-state index contributed by atoms with van der Waals surface area (Å²) in [5, 5.41) is 3.29. The van der Waals surface area contributed by atoms with Gasteiger partial charge in [0.2, 0.25) is 5.91 Å². The largest absolute Gasteiger partial charge is 0.321 e. The molecule has 1 aromatic rings. The second kappa shape index (κ2) is 6.84. The molecule has 20 heavy (non-hydrogen) atoms. The predicted octanol–water partition coefficient (Wildman–Crippen LogP) is 3.22. The monoisotopic (exact) mass is 278 g/mol. The Hall–Kier alpha value is -1.42. The highest BCUT2D eigenvalue weighted by Gasteiger charge is 2.39. The van der Waals surface area contributed by atoms with Crippen molar-refractivity contribution in [3.8, 4) is 0 Å². The van der Waals surface area contributed by atoms with Crippen LogP contribution in [0.3, 0.4) is 0 Å². The summed E-state index contributed by atoms with van der Waals surface area (Å²) in [5.41, 5.74) is 0.565. The van der Waals surface area contributed by atoms with Crippen molar-refractivity contribution in [1.29, 1.82) is 0 Å². The van der Waals surface area contributed by atoms with Gasteiger partial charge in [-0.05, 0) is 18.9 Å². The molecule has 0 saturated carbocycles. The highest BCUT2D eigenvalue weighted by molar-refractivity contribution is 5.84. The zero-order valence-electron chi connectivity index (χ0n) is 12.2. The van der Waals surface area contributed by atoms with E-state index >= 15 is 0 Å². The molecule has 1 amide bonds. The lowest BCUT2D eigenvalue weighted by Crippen LogP contribution is -2.32. The van der Waals surface area contributed by atoms with Gasteiger partial charge in [-0.1, -0.05) is 44.9 Å². The number of hydrogen-bond acceptors (Lipinski definition) is 2. The molecule has 4 heteroatoms. The van der Waals surface area contributed by atoms with Crippen LogP contribution < -0.4 is 5.32 Å². The number of nitrogens with one attached hydrogen (secondary N) is 1. The fourth-order valence-electron chi connectivity index (χ4n) is 2.70. The quantitative estimate of drug-likeness (QED) is 0.866. The highest BCUT2D eigenvalue weighted by atomic mass is 19.1. The number of hydrogen-bond donors (Lipinski definition) is 1. The topological polar surface area (TPSA) is 32.3 Å². The molecule has 1 aliphatic heterocycles. The molecular weight excluding hydrogens is 255 g/mol. The number of nitrogens with zero attached hydrogens (tertiary/aromatic N) is 1. The number of amides is 1. The van der Waals surface area contributed by atoms with Gasteiger partial charge in [0.15, 0.2) is 0 Å². The molecule has 1 aromatic carbocycles. The Bertz CT molecular complexity index is 464. The van der Waals surface area contributed by atoms with Crippen LogP contribution in [0.15, 0.2) is 24.3 Å². The molecule has 3 nitrogen and oxygen atoms in total. The number of rotatable bonds is 6. The van der Waals surface area contributed by atoms with Gasteiger partial charge in [-0.15, -0.1) is 0 Å². The van der Waals surface area contributed by atoms with Gasteiger partial charge in [0.25, 0.3) is 0 Å². The fourth-order valence-corrected chi connectivity index (χ4v) is 2.70. The van der Waals surface area contributed by atoms with Crippen molar-refractivity contribution in [2.45, 2.75) is 51.7 Å². The van der Waals surface area contributed by atoms with E-state index in [1.54, 1.807) is 17.0 Å². The minimum atomic E-state index is -0.327. The second-order valence-corrected chi connectivity index (χ2v) is 5.32. The normalized spacial score (nSPS) is 22.6. The van der Waals surface area contributed by atoms with Gasteiger partial charge < -0.3 is 4.90 Å². The van der Waals surface area contributed by atoms with Gasteiger partial charge in [0.05, 0.1) is 6.04 Å². The summed E-state index contributed by atoms with van der Waals surface area (Å²) in [6.07, 6.45) is 3.37. The number of unbranched alkanes of at least 4 members (excludes halogenated alkanes) is 1. The third-order valence-corrected chi connectivity index (χ3v) is 3.78. The van der Waals surface area contributed by atoms with Gasteiger partial charge in [0.1, 0.15) is 12.0 Å². The van der Waals surface area contributed by atoms with E-state index in [-0.39, 0.29) is 23.9 Å². The Morgan fingerprint density at radius 3 is 2.65 bits per heavy atom. The summed E-state index contributed by atoms with van der Waals surface area (Å²) in [4.78, 5) is 14.2. The molecule has 1 saturated heterocycles. The fraction of sp³-hybridized carbons (Fsp3) is 0.562. The summed E-state index contributed by atoms with van der Waals surface area (Å²) in [7, 11) is 0. The molecule has 0 radical (unpaired) electrons. The molecule has 2 atom stereocenters. The number of halogens is 1. The maximum Gasteiger partial charge on any atom is 0.241 e. The average molecular weight is 278 g/mol. The van der Waals surface area contributed by atoms with E-state index in [9.17, 15) is 9.18 Å². The summed E-state index contributed by atoms with van der Waals surface area (Å²) < 4.78 is 14.0. The van der Waals surface area contributed by atoms with Gasteiger partial charge in [-0.2, -0.15) is 0 Å². The lowest BCUT2D eigenvalue weighted by Gasteiger charge is -2.24. The minimum Gasteiger partial charge on any atom is -0.321 e. The van der Waals surface area contributed by atoms with E-state index in [1.165, 1.54) is 6.07 Å². The van der Waals surface area contributed by atoms with Gasteiger partial charge >= 0.3 is 0 Å². The lowest BCUT2D eigenvalue weighted by atomic mass is 10.1. The van der Waals surface area contributed by atoms with Crippen LogP contribution in [0.2, 0.25) is 0 Å². The third-order valence-electron chi connectivity index (χ3n) is 3.78. The van der Waals surface area contributed by atoms with Crippen LogP contribution in [-0.2, 0) is 4.79 Å². The van der Waals surface area contributed by atoms with Crippen molar-refractivity contribution in [2.75, 3.05) is 6.54 Å². The van der Waals surface area contributed by atoms with Crippen molar-refractivity contribution in [3.05, 3.63) is 35.6 Å². The summed E-state index contributed by atoms with van der Waals surface area (Å²) >= 11 is 0. The van der Waals surface area contributed by atoms with Crippen molar-refractivity contribution < 1.29 is 9.18 Å². The molecule has 2 rings (SSSR count). The van der Waals surface area contributed by atoms with Crippen LogP contribution in [0.25, 0.3) is 0 Å². The van der Waals surface area contributed by atoms with Crippen molar-refractivity contribution in [3.63, 3.8) is 0 Å². The van der Waals surface area contributed by atoms with E-state index < -0.39 is 0 Å². The van der Waals surface area contributed by atoms with Gasteiger partial charge in [-0.3, -0.25) is 10.1 Å². The van der Waals surface area contributed by atoms with Crippen LogP contribution >= 0.6 is 0 Å². The Labute approximate surface area is 120 Å². The number of carbonyl (C=O) groups excluding carboxylic acids is 1. The molecule has 0 spiro atoms. The van der Waals surface area contributed by atoms with Crippen LogP contribution in [0.4, 0.5) is 4.39 Å². The maximum atomic E-state index is 14.0. The van der Waals surface area contributed by atoms with Crippen LogP contribution in [-0.4, -0.2) is 23.4 Å². The smallest absolute Gasteiger partial charge is 0.241 e. The lowest BCUT2D eigenvalue weighted by molar-refractivity contribution is -0.130. The van der Waals surface area contributed by atoms with Crippen LogP contribution in [0.1, 0.15) is 51.3 Å². The Morgan fingerprint density at radius 2 is 2.00 bits per heavy atom. The molecule has 1 heterocycles.